The Labute approximate surface area is 145 Å². The van der Waals surface area contributed by atoms with E-state index in [1.54, 1.807) is 25.1 Å². The van der Waals surface area contributed by atoms with Gasteiger partial charge in [-0.1, -0.05) is 6.07 Å². The van der Waals surface area contributed by atoms with Crippen molar-refractivity contribution in [1.82, 2.24) is 0 Å². The molecule has 3 rings (SSSR count). The van der Waals surface area contributed by atoms with Crippen LogP contribution in [0.2, 0.25) is 0 Å². The van der Waals surface area contributed by atoms with Crippen molar-refractivity contribution in [3.63, 3.8) is 0 Å². The van der Waals surface area contributed by atoms with Crippen molar-refractivity contribution in [2.24, 2.45) is 5.14 Å². The van der Waals surface area contributed by atoms with Crippen LogP contribution >= 0.6 is 0 Å². The van der Waals surface area contributed by atoms with Gasteiger partial charge in [0, 0.05) is 17.9 Å². The molecule has 3 N–H and O–H groups in total. The number of amides is 1. The maximum atomic E-state index is 13.3. The van der Waals surface area contributed by atoms with Gasteiger partial charge in [-0.3, -0.25) is 4.79 Å². The zero-order chi connectivity index (χ0) is 18.2. The van der Waals surface area contributed by atoms with E-state index < -0.39 is 15.8 Å². The van der Waals surface area contributed by atoms with Crippen LogP contribution < -0.4 is 15.4 Å². The van der Waals surface area contributed by atoms with Crippen LogP contribution in [0.4, 0.5) is 15.8 Å². The summed E-state index contributed by atoms with van der Waals surface area (Å²) >= 11 is 0. The van der Waals surface area contributed by atoms with E-state index in [9.17, 15) is 17.6 Å². The summed E-state index contributed by atoms with van der Waals surface area (Å²) in [5, 5.41) is 7.85. The van der Waals surface area contributed by atoms with E-state index in [0.29, 0.717) is 18.7 Å². The lowest BCUT2D eigenvalue weighted by Gasteiger charge is -2.19. The summed E-state index contributed by atoms with van der Waals surface area (Å²) in [5.41, 5.74) is 2.85. The predicted molar refractivity (Wildman–Crippen MR) is 93.5 cm³/mol. The first-order valence-electron chi connectivity index (χ1n) is 7.71. The Kier molecular flexibility index (Phi) is 4.49. The van der Waals surface area contributed by atoms with Crippen LogP contribution in [0, 0.1) is 12.7 Å². The average Bonchev–Trinajstić information content (AvgIpc) is 2.92. The second kappa shape index (κ2) is 6.45. The van der Waals surface area contributed by atoms with Crippen molar-refractivity contribution < 1.29 is 17.6 Å². The van der Waals surface area contributed by atoms with Gasteiger partial charge in [0.1, 0.15) is 5.82 Å². The molecule has 6 nitrogen and oxygen atoms in total. The van der Waals surface area contributed by atoms with Gasteiger partial charge in [-0.05, 0) is 54.8 Å². The Morgan fingerprint density at radius 2 is 2.04 bits per heavy atom. The first kappa shape index (κ1) is 17.4. The number of sulfonamides is 1. The number of nitrogens with two attached hydrogens (primary N) is 1. The molecule has 0 atom stereocenters. The lowest BCUT2D eigenvalue weighted by Crippen LogP contribution is -2.32. The number of aryl methyl sites for hydroxylation is 1. The molecule has 1 heterocycles. The van der Waals surface area contributed by atoms with Gasteiger partial charge in [-0.15, -0.1) is 0 Å². The third-order valence-electron chi connectivity index (χ3n) is 4.18. The molecule has 8 heteroatoms. The number of hydrogen-bond acceptors (Lipinski definition) is 4. The highest BCUT2D eigenvalue weighted by molar-refractivity contribution is 7.89. The molecular formula is C17H18FN3O3S. The summed E-state index contributed by atoms with van der Waals surface area (Å²) in [6.07, 6.45) is 0.630. The molecule has 0 aromatic heterocycles. The maximum absolute atomic E-state index is 13.3. The number of benzene rings is 2. The van der Waals surface area contributed by atoms with Crippen molar-refractivity contribution >= 4 is 27.3 Å². The second-order valence-electron chi connectivity index (χ2n) is 6.01. The third kappa shape index (κ3) is 3.80. The zero-order valence-corrected chi connectivity index (χ0v) is 14.4. The highest BCUT2D eigenvalue weighted by Crippen LogP contribution is 2.29. The summed E-state index contributed by atoms with van der Waals surface area (Å²) in [5.74, 6) is -0.681. The molecular weight excluding hydrogens is 345 g/mol. The quantitative estimate of drug-likeness (QED) is 0.866. The van der Waals surface area contributed by atoms with Gasteiger partial charge in [0.05, 0.1) is 11.4 Å². The Bertz CT molecular complexity index is 944. The minimum Gasteiger partial charge on any atom is -0.362 e. The molecule has 0 saturated heterocycles. The van der Waals surface area contributed by atoms with E-state index in [2.05, 4.69) is 5.32 Å². The number of halogens is 1. The normalized spacial score (nSPS) is 13.6. The van der Waals surface area contributed by atoms with Crippen LogP contribution in [-0.2, 0) is 21.2 Å². The van der Waals surface area contributed by atoms with Gasteiger partial charge in [-0.2, -0.15) is 0 Å². The van der Waals surface area contributed by atoms with Gasteiger partial charge >= 0.3 is 0 Å². The van der Waals surface area contributed by atoms with Crippen molar-refractivity contribution in [3.8, 4) is 0 Å². The summed E-state index contributed by atoms with van der Waals surface area (Å²) < 4.78 is 36.2. The monoisotopic (exact) mass is 363 g/mol. The van der Waals surface area contributed by atoms with Gasteiger partial charge in [0.2, 0.25) is 15.9 Å². The standard InChI is InChI=1S/C17H18FN3O3S/c1-11-2-3-13(18)9-15(11)20-17(22)10-21-7-6-12-8-14(25(19,23)24)4-5-16(12)21/h2-5,8-9H,6-7,10H2,1H3,(H,20,22)(H2,19,23,24). The topological polar surface area (TPSA) is 92.5 Å². The molecule has 2 aromatic rings. The zero-order valence-electron chi connectivity index (χ0n) is 13.6. The first-order valence-corrected chi connectivity index (χ1v) is 9.25. The lowest BCUT2D eigenvalue weighted by atomic mass is 10.2. The Morgan fingerprint density at radius 1 is 1.28 bits per heavy atom. The molecule has 25 heavy (non-hydrogen) atoms. The minimum absolute atomic E-state index is 0.0629. The van der Waals surface area contributed by atoms with Gasteiger partial charge in [0.15, 0.2) is 0 Å². The van der Waals surface area contributed by atoms with Crippen LogP contribution in [-0.4, -0.2) is 27.4 Å². The molecule has 0 fully saturated rings. The number of nitrogens with one attached hydrogen (secondary N) is 1. The van der Waals surface area contributed by atoms with Crippen LogP contribution in [0.25, 0.3) is 0 Å². The number of nitrogens with zero attached hydrogens (tertiary/aromatic N) is 1. The van der Waals surface area contributed by atoms with E-state index >= 15 is 0 Å². The van der Waals surface area contributed by atoms with Gasteiger partial charge in [0.25, 0.3) is 0 Å². The fraction of sp³-hybridized carbons (Fsp3) is 0.235. The van der Waals surface area contributed by atoms with E-state index in [0.717, 1.165) is 16.8 Å². The molecule has 1 amide bonds. The van der Waals surface area contributed by atoms with Crippen LogP contribution in [0.1, 0.15) is 11.1 Å². The fourth-order valence-corrected chi connectivity index (χ4v) is 3.44. The summed E-state index contributed by atoms with van der Waals surface area (Å²) in [4.78, 5) is 14.2. The first-order chi connectivity index (χ1) is 11.7. The molecule has 1 aliphatic heterocycles. The molecule has 0 unspecified atom stereocenters. The van der Waals surface area contributed by atoms with E-state index in [1.807, 2.05) is 4.90 Å². The number of carbonyl (C=O) groups excluding carboxylic acids is 1. The van der Waals surface area contributed by atoms with Gasteiger partial charge < -0.3 is 10.2 Å². The molecule has 0 bridgehead atoms. The summed E-state index contributed by atoms with van der Waals surface area (Å²) in [7, 11) is -3.75. The van der Waals surface area contributed by atoms with Crippen molar-refractivity contribution in [3.05, 3.63) is 53.3 Å². The lowest BCUT2D eigenvalue weighted by molar-refractivity contribution is -0.115. The van der Waals surface area contributed by atoms with E-state index in [4.69, 9.17) is 5.14 Å². The Balaban J connectivity index is 1.73. The van der Waals surface area contributed by atoms with Crippen molar-refractivity contribution in [2.45, 2.75) is 18.2 Å². The van der Waals surface area contributed by atoms with E-state index in [1.165, 1.54) is 18.2 Å². The van der Waals surface area contributed by atoms with Crippen LogP contribution in [0.5, 0.6) is 0 Å². The minimum atomic E-state index is -3.75. The largest absolute Gasteiger partial charge is 0.362 e. The third-order valence-corrected chi connectivity index (χ3v) is 5.09. The Morgan fingerprint density at radius 3 is 2.76 bits per heavy atom. The number of carbonyl (C=O) groups is 1. The SMILES string of the molecule is Cc1ccc(F)cc1NC(=O)CN1CCc2cc(S(N)(=O)=O)ccc21. The molecule has 0 aliphatic carbocycles. The molecule has 0 spiro atoms. The van der Waals surface area contributed by atoms with Crippen molar-refractivity contribution in [1.29, 1.82) is 0 Å². The number of anilines is 2. The van der Waals surface area contributed by atoms with E-state index in [-0.39, 0.29) is 17.3 Å². The molecule has 1 aliphatic rings. The van der Waals surface area contributed by atoms with Crippen LogP contribution in [0.15, 0.2) is 41.3 Å². The molecule has 0 saturated carbocycles. The van der Waals surface area contributed by atoms with Gasteiger partial charge in [-0.25, -0.2) is 17.9 Å². The molecule has 0 radical (unpaired) electrons. The highest BCUT2D eigenvalue weighted by atomic mass is 32.2. The highest BCUT2D eigenvalue weighted by Gasteiger charge is 2.23. The molecule has 132 valence electrons. The molecule has 2 aromatic carbocycles. The Hall–Kier alpha value is -2.45. The number of hydrogen-bond donors (Lipinski definition) is 2. The number of primary sulfonamides is 1. The van der Waals surface area contributed by atoms with Crippen LogP contribution in [0.3, 0.4) is 0 Å². The summed E-state index contributed by atoms with van der Waals surface area (Å²) in [6, 6.07) is 8.85. The fourth-order valence-electron chi connectivity index (χ4n) is 2.88. The number of rotatable bonds is 4. The maximum Gasteiger partial charge on any atom is 0.243 e. The second-order valence-corrected chi connectivity index (χ2v) is 7.58. The van der Waals surface area contributed by atoms with Crippen molar-refractivity contribution in [2.75, 3.05) is 23.3 Å². The number of fused-ring (bicyclic) bond motifs is 1. The predicted octanol–water partition coefficient (Wildman–Crippen LogP) is 1.78. The smallest absolute Gasteiger partial charge is 0.243 e. The summed E-state index contributed by atoms with van der Waals surface area (Å²) in [6.45, 7) is 2.48. The average molecular weight is 363 g/mol.